The molecule has 0 unspecified atom stereocenters. The van der Waals surface area contributed by atoms with Crippen LogP contribution in [0.1, 0.15) is 32.6 Å². The van der Waals surface area contributed by atoms with Gasteiger partial charge in [-0.15, -0.1) is 0 Å². The van der Waals surface area contributed by atoms with E-state index in [9.17, 15) is 14.7 Å². The van der Waals surface area contributed by atoms with Gasteiger partial charge < -0.3 is 14.7 Å². The fraction of sp³-hybridized carbons (Fsp3) is 0.846. The number of hydrogen-bond acceptors (Lipinski definition) is 4. The van der Waals surface area contributed by atoms with Crippen LogP contribution in [0.4, 0.5) is 4.79 Å². The third kappa shape index (κ3) is 3.37. The van der Waals surface area contributed by atoms with Crippen molar-refractivity contribution < 1.29 is 19.4 Å². The smallest absolute Gasteiger partial charge is 0.410 e. The number of carbonyl (C=O) groups is 2. The Kier molecular flexibility index (Phi) is 4.63. The number of ether oxygens (including phenoxy) is 1. The Hall–Kier alpha value is -1.30. The van der Waals surface area contributed by atoms with Gasteiger partial charge in [0.15, 0.2) is 0 Å². The molecule has 1 saturated heterocycles. The predicted octanol–water partition coefficient (Wildman–Crippen LogP) is 0.591. The highest BCUT2D eigenvalue weighted by Gasteiger charge is 2.33. The molecule has 0 atom stereocenters. The number of amides is 2. The summed E-state index contributed by atoms with van der Waals surface area (Å²) in [5.74, 6) is -0.0132. The summed E-state index contributed by atoms with van der Waals surface area (Å²) in [5.41, 5.74) is 0. The van der Waals surface area contributed by atoms with E-state index < -0.39 is 6.09 Å². The predicted molar refractivity (Wildman–Crippen MR) is 68.6 cm³/mol. The fourth-order valence-electron chi connectivity index (χ4n) is 2.81. The highest BCUT2D eigenvalue weighted by atomic mass is 16.6. The lowest BCUT2D eigenvalue weighted by Gasteiger charge is -2.40. The summed E-state index contributed by atoms with van der Waals surface area (Å²) in [6.45, 7) is 3.29. The Labute approximate surface area is 113 Å². The Morgan fingerprint density at radius 3 is 2.58 bits per heavy atom. The Morgan fingerprint density at radius 2 is 2.00 bits per heavy atom. The molecule has 2 fully saturated rings. The van der Waals surface area contributed by atoms with E-state index >= 15 is 0 Å². The van der Waals surface area contributed by atoms with Crippen LogP contribution in [0.5, 0.6) is 0 Å². The third-order valence-corrected chi connectivity index (χ3v) is 3.89. The van der Waals surface area contributed by atoms with Crippen molar-refractivity contribution in [3.63, 3.8) is 0 Å². The molecule has 1 N–H and O–H groups in total. The van der Waals surface area contributed by atoms with E-state index in [4.69, 9.17) is 4.74 Å². The van der Waals surface area contributed by atoms with Crippen LogP contribution in [-0.4, -0.2) is 65.3 Å². The van der Waals surface area contributed by atoms with E-state index in [1.54, 1.807) is 6.92 Å². The minimum Gasteiger partial charge on any atom is -0.450 e. The molecule has 0 aromatic heterocycles. The summed E-state index contributed by atoms with van der Waals surface area (Å²) in [4.78, 5) is 27.0. The van der Waals surface area contributed by atoms with Crippen LogP contribution in [0.15, 0.2) is 0 Å². The largest absolute Gasteiger partial charge is 0.450 e. The zero-order valence-corrected chi connectivity index (χ0v) is 11.4. The van der Waals surface area contributed by atoms with Crippen LogP contribution in [0.2, 0.25) is 0 Å². The van der Waals surface area contributed by atoms with Crippen molar-refractivity contribution in [2.45, 2.75) is 44.8 Å². The average Bonchev–Trinajstić information content (AvgIpc) is 2.40. The zero-order valence-electron chi connectivity index (χ0n) is 11.4. The average molecular weight is 270 g/mol. The van der Waals surface area contributed by atoms with Gasteiger partial charge >= 0.3 is 6.09 Å². The van der Waals surface area contributed by atoms with E-state index in [1.807, 2.05) is 4.90 Å². The van der Waals surface area contributed by atoms with Gasteiger partial charge in [0.1, 0.15) is 6.54 Å². The minimum atomic E-state index is -0.408. The molecule has 0 aromatic carbocycles. The molecule has 0 radical (unpaired) electrons. The quantitative estimate of drug-likeness (QED) is 0.797. The van der Waals surface area contributed by atoms with E-state index in [0.29, 0.717) is 19.7 Å². The number of aliphatic hydroxyl groups excluding tert-OH is 1. The molecule has 2 rings (SSSR count). The topological polar surface area (TPSA) is 70.1 Å². The summed E-state index contributed by atoms with van der Waals surface area (Å²) in [6.07, 6.45) is 2.60. The number of piperazine rings is 1. The summed E-state index contributed by atoms with van der Waals surface area (Å²) in [6, 6.07) is 0.222. The molecule has 6 heteroatoms. The molecular formula is C13H22N2O4. The summed E-state index contributed by atoms with van der Waals surface area (Å²) < 4.78 is 4.91. The zero-order chi connectivity index (χ0) is 13.8. The van der Waals surface area contributed by atoms with Crippen LogP contribution in [-0.2, 0) is 9.53 Å². The second kappa shape index (κ2) is 6.23. The SMILES string of the molecule is CCOC(=O)N1CCN(C2CCC(O)CC2)C(=O)C1. The van der Waals surface area contributed by atoms with Crippen LogP contribution >= 0.6 is 0 Å². The molecule has 6 nitrogen and oxygen atoms in total. The Morgan fingerprint density at radius 1 is 1.32 bits per heavy atom. The molecule has 0 aromatic rings. The van der Waals surface area contributed by atoms with Crippen molar-refractivity contribution in [2.24, 2.45) is 0 Å². The van der Waals surface area contributed by atoms with Crippen molar-refractivity contribution in [1.82, 2.24) is 9.80 Å². The van der Waals surface area contributed by atoms with Gasteiger partial charge in [0.05, 0.1) is 12.7 Å². The number of rotatable bonds is 2. The number of nitrogens with zero attached hydrogens (tertiary/aromatic N) is 2. The van der Waals surface area contributed by atoms with E-state index in [1.165, 1.54) is 4.90 Å². The molecule has 1 aliphatic carbocycles. The van der Waals surface area contributed by atoms with Gasteiger partial charge in [0.2, 0.25) is 5.91 Å². The van der Waals surface area contributed by atoms with Crippen LogP contribution in [0.25, 0.3) is 0 Å². The van der Waals surface area contributed by atoms with Crippen molar-refractivity contribution in [1.29, 1.82) is 0 Å². The first-order valence-corrected chi connectivity index (χ1v) is 7.01. The van der Waals surface area contributed by atoms with Gasteiger partial charge in [-0.05, 0) is 32.6 Å². The molecule has 2 aliphatic rings. The fourth-order valence-corrected chi connectivity index (χ4v) is 2.81. The second-order valence-electron chi connectivity index (χ2n) is 5.17. The Bertz CT molecular complexity index is 340. The first kappa shape index (κ1) is 14.1. The van der Waals surface area contributed by atoms with Crippen molar-refractivity contribution >= 4 is 12.0 Å². The van der Waals surface area contributed by atoms with E-state index in [0.717, 1.165) is 25.7 Å². The third-order valence-electron chi connectivity index (χ3n) is 3.89. The van der Waals surface area contributed by atoms with Gasteiger partial charge in [-0.25, -0.2) is 4.79 Å². The van der Waals surface area contributed by atoms with Crippen LogP contribution < -0.4 is 0 Å². The maximum Gasteiger partial charge on any atom is 0.410 e. The molecular weight excluding hydrogens is 248 g/mol. The molecule has 0 spiro atoms. The summed E-state index contributed by atoms with van der Waals surface area (Å²) >= 11 is 0. The van der Waals surface area contributed by atoms with Crippen molar-refractivity contribution in [3.8, 4) is 0 Å². The minimum absolute atomic E-state index is 0.0132. The van der Waals surface area contributed by atoms with Crippen LogP contribution in [0.3, 0.4) is 0 Å². The van der Waals surface area contributed by atoms with Gasteiger partial charge in [0.25, 0.3) is 0 Å². The lowest BCUT2D eigenvalue weighted by atomic mass is 9.91. The first-order chi connectivity index (χ1) is 9.11. The van der Waals surface area contributed by atoms with Gasteiger partial charge in [-0.3, -0.25) is 9.69 Å². The highest BCUT2D eigenvalue weighted by molar-refractivity contribution is 5.83. The van der Waals surface area contributed by atoms with E-state index in [2.05, 4.69) is 0 Å². The van der Waals surface area contributed by atoms with Crippen molar-refractivity contribution in [3.05, 3.63) is 0 Å². The molecule has 0 bridgehead atoms. The summed E-state index contributed by atoms with van der Waals surface area (Å²) in [7, 11) is 0. The molecule has 1 heterocycles. The number of aliphatic hydroxyl groups is 1. The molecule has 108 valence electrons. The lowest BCUT2D eigenvalue weighted by molar-refractivity contribution is -0.139. The monoisotopic (exact) mass is 270 g/mol. The standard InChI is InChI=1S/C13H22N2O4/c1-2-19-13(18)14-7-8-15(12(17)9-14)10-3-5-11(16)6-4-10/h10-11,16H,2-9H2,1H3. The van der Waals surface area contributed by atoms with Gasteiger partial charge in [0, 0.05) is 19.1 Å². The number of carbonyl (C=O) groups excluding carboxylic acids is 2. The maximum atomic E-state index is 12.1. The second-order valence-corrected chi connectivity index (χ2v) is 5.17. The maximum absolute atomic E-state index is 12.1. The summed E-state index contributed by atoms with van der Waals surface area (Å²) in [5, 5.41) is 9.49. The Balaban J connectivity index is 1.86. The van der Waals surface area contributed by atoms with E-state index in [-0.39, 0.29) is 24.6 Å². The normalized spacial score (nSPS) is 28.4. The molecule has 1 aliphatic heterocycles. The number of hydrogen-bond donors (Lipinski definition) is 1. The lowest BCUT2D eigenvalue weighted by Crippen LogP contribution is -2.56. The molecule has 1 saturated carbocycles. The van der Waals surface area contributed by atoms with Gasteiger partial charge in [-0.1, -0.05) is 0 Å². The highest BCUT2D eigenvalue weighted by Crippen LogP contribution is 2.24. The first-order valence-electron chi connectivity index (χ1n) is 7.01. The molecule has 19 heavy (non-hydrogen) atoms. The van der Waals surface area contributed by atoms with Crippen molar-refractivity contribution in [2.75, 3.05) is 26.2 Å². The molecule has 2 amide bonds. The van der Waals surface area contributed by atoms with Gasteiger partial charge in [-0.2, -0.15) is 0 Å². The van der Waals surface area contributed by atoms with Crippen LogP contribution in [0, 0.1) is 0 Å².